The van der Waals surface area contributed by atoms with Crippen molar-refractivity contribution < 1.29 is 28.2 Å². The number of aromatic nitrogens is 2. The summed E-state index contributed by atoms with van der Waals surface area (Å²) in [5.74, 6) is -2.73. The van der Waals surface area contributed by atoms with E-state index in [9.17, 15) is 23.5 Å². The zero-order valence-corrected chi connectivity index (χ0v) is 17.3. The van der Waals surface area contributed by atoms with Gasteiger partial charge in [-0.15, -0.1) is 0 Å². The van der Waals surface area contributed by atoms with Crippen molar-refractivity contribution in [2.24, 2.45) is 0 Å². The second-order valence-corrected chi connectivity index (χ2v) is 7.81. The Morgan fingerprint density at radius 3 is 2.53 bits per heavy atom. The number of hydrogen-bond donors (Lipinski definition) is 2. The Balaban J connectivity index is 1.60. The Bertz CT molecular complexity index is 1210. The number of fused-ring (bicyclic) bond motifs is 1. The van der Waals surface area contributed by atoms with Crippen LogP contribution >= 0.6 is 0 Å². The summed E-state index contributed by atoms with van der Waals surface area (Å²) in [5, 5.41) is 11.9. The van der Waals surface area contributed by atoms with E-state index >= 15 is 0 Å². The molecule has 4 rings (SSSR count). The summed E-state index contributed by atoms with van der Waals surface area (Å²) in [6.45, 7) is 3.16. The molecule has 0 saturated carbocycles. The van der Waals surface area contributed by atoms with Gasteiger partial charge in [0.2, 0.25) is 0 Å². The van der Waals surface area contributed by atoms with E-state index < -0.39 is 28.7 Å². The summed E-state index contributed by atoms with van der Waals surface area (Å²) in [4.78, 5) is 33.1. The van der Waals surface area contributed by atoms with Crippen molar-refractivity contribution in [1.82, 2.24) is 9.97 Å². The second-order valence-electron chi connectivity index (χ2n) is 7.81. The minimum atomic E-state index is -1.00. The third kappa shape index (κ3) is 3.94. The SMILES string of the molecule is Cc1cc2c(cc1-c1cnc(NC(=O)c3c(F)cccc3F)cn1)OC(C)(CO)CC2=O. The highest BCUT2D eigenvalue weighted by Gasteiger charge is 2.36. The quantitative estimate of drug-likeness (QED) is 0.643. The molecule has 2 aromatic carbocycles. The monoisotopic (exact) mass is 439 g/mol. The van der Waals surface area contributed by atoms with Crippen molar-refractivity contribution in [2.75, 3.05) is 11.9 Å². The van der Waals surface area contributed by atoms with E-state index in [1.54, 1.807) is 26.0 Å². The number of benzene rings is 2. The number of ether oxygens (including phenoxy) is 1. The molecule has 0 aliphatic carbocycles. The normalized spacial score (nSPS) is 17.5. The van der Waals surface area contributed by atoms with E-state index in [1.807, 2.05) is 0 Å². The third-order valence-corrected chi connectivity index (χ3v) is 5.21. The largest absolute Gasteiger partial charge is 0.484 e. The number of hydrogen-bond acceptors (Lipinski definition) is 6. The number of ketones is 1. The number of nitrogens with zero attached hydrogens (tertiary/aromatic N) is 2. The molecule has 164 valence electrons. The fourth-order valence-corrected chi connectivity index (χ4v) is 3.52. The molecule has 1 amide bonds. The van der Waals surface area contributed by atoms with Crippen molar-refractivity contribution in [3.8, 4) is 17.0 Å². The lowest BCUT2D eigenvalue weighted by molar-refractivity contribution is 0.0109. The van der Waals surface area contributed by atoms with Crippen LogP contribution in [-0.2, 0) is 0 Å². The Kier molecular flexibility index (Phi) is 5.43. The maximum atomic E-state index is 13.8. The number of aliphatic hydroxyl groups is 1. The summed E-state index contributed by atoms with van der Waals surface area (Å²) in [6, 6.07) is 6.49. The van der Waals surface area contributed by atoms with Crippen LogP contribution in [0.4, 0.5) is 14.6 Å². The zero-order valence-electron chi connectivity index (χ0n) is 17.3. The van der Waals surface area contributed by atoms with Crippen LogP contribution in [-0.4, -0.2) is 39.0 Å². The lowest BCUT2D eigenvalue weighted by Gasteiger charge is -2.33. The predicted octanol–water partition coefficient (Wildman–Crippen LogP) is 3.70. The van der Waals surface area contributed by atoms with Crippen molar-refractivity contribution >= 4 is 17.5 Å². The van der Waals surface area contributed by atoms with Gasteiger partial charge < -0.3 is 15.2 Å². The Labute approximate surface area is 182 Å². The number of anilines is 1. The molecule has 7 nitrogen and oxygen atoms in total. The van der Waals surface area contributed by atoms with E-state index in [1.165, 1.54) is 12.4 Å². The van der Waals surface area contributed by atoms with Crippen LogP contribution in [0.5, 0.6) is 5.75 Å². The molecule has 1 aliphatic rings. The van der Waals surface area contributed by atoms with Gasteiger partial charge >= 0.3 is 0 Å². The van der Waals surface area contributed by atoms with Crippen molar-refractivity contribution in [2.45, 2.75) is 25.9 Å². The van der Waals surface area contributed by atoms with Gasteiger partial charge in [0.1, 0.15) is 28.5 Å². The second kappa shape index (κ2) is 8.08. The van der Waals surface area contributed by atoms with Crippen molar-refractivity contribution in [1.29, 1.82) is 0 Å². The lowest BCUT2D eigenvalue weighted by atomic mass is 9.90. The number of amides is 1. The molecule has 2 heterocycles. The third-order valence-electron chi connectivity index (χ3n) is 5.21. The zero-order chi connectivity index (χ0) is 23.0. The molecule has 0 spiro atoms. The minimum Gasteiger partial charge on any atom is -0.484 e. The topological polar surface area (TPSA) is 101 Å². The molecule has 0 bridgehead atoms. The molecule has 0 radical (unpaired) electrons. The summed E-state index contributed by atoms with van der Waals surface area (Å²) in [5.41, 5.74) is 0.557. The number of halogens is 2. The van der Waals surface area contributed by atoms with Gasteiger partial charge in [-0.05, 0) is 43.7 Å². The van der Waals surface area contributed by atoms with Crippen LogP contribution in [0.3, 0.4) is 0 Å². The van der Waals surface area contributed by atoms with Gasteiger partial charge in [0.05, 0.1) is 36.7 Å². The van der Waals surface area contributed by atoms with Gasteiger partial charge in [-0.25, -0.2) is 13.8 Å². The van der Waals surface area contributed by atoms with Gasteiger partial charge in [-0.3, -0.25) is 14.6 Å². The van der Waals surface area contributed by atoms with E-state index in [0.29, 0.717) is 22.6 Å². The molecular formula is C23H19F2N3O4. The molecule has 9 heteroatoms. The number of rotatable bonds is 4. The van der Waals surface area contributed by atoms with E-state index in [0.717, 1.165) is 23.8 Å². The smallest absolute Gasteiger partial charge is 0.262 e. The Hall–Kier alpha value is -3.72. The standard InChI is InChI=1S/C23H19F2N3O4/c1-12-6-14-18(30)8-23(2,11-29)32-19(14)7-13(12)17-9-27-20(10-26-17)28-22(31)21-15(24)4-3-5-16(21)25/h3-7,9-10,29H,8,11H2,1-2H3,(H,27,28,31). The number of carbonyl (C=O) groups is 2. The molecule has 3 aromatic rings. The van der Waals surface area contributed by atoms with Gasteiger partial charge in [0.15, 0.2) is 11.6 Å². The Morgan fingerprint density at radius 1 is 1.19 bits per heavy atom. The van der Waals surface area contributed by atoms with Crippen LogP contribution in [0.2, 0.25) is 0 Å². The molecule has 1 aliphatic heterocycles. The van der Waals surface area contributed by atoms with Crippen LogP contribution < -0.4 is 10.1 Å². The average Bonchev–Trinajstić information content (AvgIpc) is 2.74. The highest BCUT2D eigenvalue weighted by Crippen LogP contribution is 2.37. The van der Waals surface area contributed by atoms with Crippen LogP contribution in [0.1, 0.15) is 39.6 Å². The first-order valence-corrected chi connectivity index (χ1v) is 9.76. The first kappa shape index (κ1) is 21.5. The number of carbonyl (C=O) groups excluding carboxylic acids is 2. The first-order valence-electron chi connectivity index (χ1n) is 9.76. The molecule has 2 N–H and O–H groups in total. The summed E-state index contributed by atoms with van der Waals surface area (Å²) in [6.07, 6.45) is 2.72. The Morgan fingerprint density at radius 2 is 1.91 bits per heavy atom. The van der Waals surface area contributed by atoms with Gasteiger partial charge in [0.25, 0.3) is 5.91 Å². The fraction of sp³-hybridized carbons (Fsp3) is 0.217. The molecule has 32 heavy (non-hydrogen) atoms. The minimum absolute atomic E-state index is 0.0105. The van der Waals surface area contributed by atoms with E-state index in [4.69, 9.17) is 4.74 Å². The van der Waals surface area contributed by atoms with Gasteiger partial charge in [0, 0.05) is 5.56 Å². The number of aryl methyl sites for hydroxylation is 1. The maximum Gasteiger partial charge on any atom is 0.262 e. The summed E-state index contributed by atoms with van der Waals surface area (Å²) < 4.78 is 33.4. The van der Waals surface area contributed by atoms with Crippen molar-refractivity contribution in [3.63, 3.8) is 0 Å². The molecule has 0 fully saturated rings. The fourth-order valence-electron chi connectivity index (χ4n) is 3.52. The maximum absolute atomic E-state index is 13.8. The highest BCUT2D eigenvalue weighted by molar-refractivity contribution is 6.04. The molecule has 1 atom stereocenters. The molecule has 1 unspecified atom stereocenters. The number of aliphatic hydroxyl groups excluding tert-OH is 1. The van der Waals surface area contributed by atoms with E-state index in [-0.39, 0.29) is 24.6 Å². The van der Waals surface area contributed by atoms with Crippen molar-refractivity contribution in [3.05, 3.63) is 71.1 Å². The van der Waals surface area contributed by atoms with E-state index in [2.05, 4.69) is 15.3 Å². The number of Topliss-reactive ketones (excluding diaryl/α,β-unsaturated/α-hetero) is 1. The van der Waals surface area contributed by atoms with Gasteiger partial charge in [-0.2, -0.15) is 0 Å². The number of nitrogens with one attached hydrogen (secondary N) is 1. The lowest BCUT2D eigenvalue weighted by Crippen LogP contribution is -2.42. The summed E-state index contributed by atoms with van der Waals surface area (Å²) >= 11 is 0. The van der Waals surface area contributed by atoms with Crippen LogP contribution in [0, 0.1) is 18.6 Å². The molecule has 0 saturated heterocycles. The average molecular weight is 439 g/mol. The molecular weight excluding hydrogens is 420 g/mol. The summed E-state index contributed by atoms with van der Waals surface area (Å²) in [7, 11) is 0. The van der Waals surface area contributed by atoms with Gasteiger partial charge in [-0.1, -0.05) is 6.07 Å². The molecule has 1 aromatic heterocycles. The van der Waals surface area contributed by atoms with Crippen LogP contribution in [0.15, 0.2) is 42.7 Å². The first-order chi connectivity index (χ1) is 15.2. The predicted molar refractivity (Wildman–Crippen MR) is 112 cm³/mol. The van der Waals surface area contributed by atoms with Crippen LogP contribution in [0.25, 0.3) is 11.3 Å². The highest BCUT2D eigenvalue weighted by atomic mass is 19.1.